The summed E-state index contributed by atoms with van der Waals surface area (Å²) in [5.74, 6) is 1.75. The molecule has 2 aromatic rings. The van der Waals surface area contributed by atoms with Crippen LogP contribution in [0.1, 0.15) is 17.5 Å². The second kappa shape index (κ2) is 10.3. The maximum atomic E-state index is 5.25. The first-order valence-corrected chi connectivity index (χ1v) is 8.43. The molecule has 4 heteroatoms. The Morgan fingerprint density at radius 3 is 2.42 bits per heavy atom. The zero-order chi connectivity index (χ0) is 17.0. The molecule has 0 aliphatic carbocycles. The number of aliphatic imine (C=N–C) groups is 1. The van der Waals surface area contributed by atoms with Crippen molar-refractivity contribution in [3.8, 4) is 5.75 Å². The van der Waals surface area contributed by atoms with Crippen molar-refractivity contribution in [1.29, 1.82) is 0 Å². The summed E-state index contributed by atoms with van der Waals surface area (Å²) in [5, 5.41) is 6.71. The summed E-state index contributed by atoms with van der Waals surface area (Å²) in [6, 6.07) is 18.7. The van der Waals surface area contributed by atoms with Gasteiger partial charge in [0, 0.05) is 20.1 Å². The van der Waals surface area contributed by atoms with Crippen LogP contribution >= 0.6 is 0 Å². The smallest absolute Gasteiger partial charge is 0.190 e. The summed E-state index contributed by atoms with van der Waals surface area (Å²) in [7, 11) is 3.50. The standard InChI is InChI=1S/C20H27N3O/c1-21-20(22-14-7-11-17-8-4-3-5-9-17)23-15-13-18-10-6-12-19(16-18)24-2/h3-6,8-10,12,16H,7,11,13-15H2,1-2H3,(H2,21,22,23). The maximum Gasteiger partial charge on any atom is 0.190 e. The van der Waals surface area contributed by atoms with Gasteiger partial charge in [-0.25, -0.2) is 0 Å². The highest BCUT2D eigenvalue weighted by molar-refractivity contribution is 5.79. The van der Waals surface area contributed by atoms with Crippen LogP contribution in [0.3, 0.4) is 0 Å². The SMILES string of the molecule is CN=C(NCCCc1ccccc1)NCCc1cccc(OC)c1. The van der Waals surface area contributed by atoms with Crippen LogP contribution in [0.15, 0.2) is 59.6 Å². The molecule has 0 amide bonds. The number of aryl methyl sites for hydroxylation is 1. The molecule has 0 aliphatic rings. The van der Waals surface area contributed by atoms with Crippen molar-refractivity contribution in [3.63, 3.8) is 0 Å². The van der Waals surface area contributed by atoms with Crippen LogP contribution in [0.2, 0.25) is 0 Å². The fourth-order valence-electron chi connectivity index (χ4n) is 2.52. The Morgan fingerprint density at radius 2 is 1.67 bits per heavy atom. The molecular weight excluding hydrogens is 298 g/mol. The fraction of sp³-hybridized carbons (Fsp3) is 0.350. The highest BCUT2D eigenvalue weighted by Crippen LogP contribution is 2.12. The number of nitrogens with one attached hydrogen (secondary N) is 2. The van der Waals surface area contributed by atoms with Crippen LogP contribution in [0.4, 0.5) is 0 Å². The van der Waals surface area contributed by atoms with E-state index in [1.165, 1.54) is 11.1 Å². The molecule has 0 aliphatic heterocycles. The van der Waals surface area contributed by atoms with Crippen molar-refractivity contribution in [1.82, 2.24) is 10.6 Å². The molecule has 0 fully saturated rings. The van der Waals surface area contributed by atoms with E-state index in [9.17, 15) is 0 Å². The molecular formula is C20H27N3O. The van der Waals surface area contributed by atoms with Gasteiger partial charge in [-0.15, -0.1) is 0 Å². The lowest BCUT2D eigenvalue weighted by Crippen LogP contribution is -2.38. The molecule has 0 saturated heterocycles. The minimum atomic E-state index is 0.839. The Kier molecular flexibility index (Phi) is 7.68. The number of rotatable bonds is 8. The van der Waals surface area contributed by atoms with Crippen molar-refractivity contribution < 1.29 is 4.74 Å². The number of nitrogens with zero attached hydrogens (tertiary/aromatic N) is 1. The Balaban J connectivity index is 1.65. The topological polar surface area (TPSA) is 45.7 Å². The van der Waals surface area contributed by atoms with Crippen molar-refractivity contribution in [2.45, 2.75) is 19.3 Å². The molecule has 2 aromatic carbocycles. The summed E-state index contributed by atoms with van der Waals surface area (Å²) in [6.07, 6.45) is 3.09. The van der Waals surface area contributed by atoms with Crippen LogP contribution in [0.5, 0.6) is 5.75 Å². The van der Waals surface area contributed by atoms with E-state index in [2.05, 4.69) is 58.1 Å². The molecule has 0 spiro atoms. The fourth-order valence-corrected chi connectivity index (χ4v) is 2.52. The van der Waals surface area contributed by atoms with E-state index in [-0.39, 0.29) is 0 Å². The first kappa shape index (κ1) is 17.9. The number of ether oxygens (including phenoxy) is 1. The third-order valence-electron chi connectivity index (χ3n) is 3.84. The largest absolute Gasteiger partial charge is 0.497 e. The monoisotopic (exact) mass is 325 g/mol. The van der Waals surface area contributed by atoms with Crippen molar-refractivity contribution in [2.24, 2.45) is 4.99 Å². The van der Waals surface area contributed by atoms with E-state index in [1.807, 2.05) is 12.1 Å². The van der Waals surface area contributed by atoms with Crippen molar-refractivity contribution >= 4 is 5.96 Å². The lowest BCUT2D eigenvalue weighted by Gasteiger charge is -2.12. The summed E-state index contributed by atoms with van der Waals surface area (Å²) in [4.78, 5) is 4.27. The minimum absolute atomic E-state index is 0.839. The average Bonchev–Trinajstić information content (AvgIpc) is 2.64. The van der Waals surface area contributed by atoms with Crippen molar-refractivity contribution in [3.05, 3.63) is 65.7 Å². The third-order valence-corrected chi connectivity index (χ3v) is 3.84. The van der Waals surface area contributed by atoms with Gasteiger partial charge >= 0.3 is 0 Å². The molecule has 0 heterocycles. The molecule has 0 bridgehead atoms. The molecule has 4 nitrogen and oxygen atoms in total. The highest BCUT2D eigenvalue weighted by atomic mass is 16.5. The van der Waals surface area contributed by atoms with Gasteiger partial charge in [0.2, 0.25) is 0 Å². The van der Waals surface area contributed by atoms with Gasteiger partial charge in [-0.1, -0.05) is 42.5 Å². The van der Waals surface area contributed by atoms with E-state index in [1.54, 1.807) is 14.2 Å². The molecule has 128 valence electrons. The van der Waals surface area contributed by atoms with Gasteiger partial charge in [0.15, 0.2) is 5.96 Å². The van der Waals surface area contributed by atoms with E-state index < -0.39 is 0 Å². The Labute approximate surface area is 145 Å². The Bertz CT molecular complexity index is 626. The normalized spacial score (nSPS) is 11.2. The predicted octanol–water partition coefficient (Wildman–Crippen LogP) is 3.04. The van der Waals surface area contributed by atoms with Gasteiger partial charge in [0.05, 0.1) is 7.11 Å². The van der Waals surface area contributed by atoms with E-state index in [0.717, 1.165) is 44.1 Å². The predicted molar refractivity (Wildman–Crippen MR) is 101 cm³/mol. The average molecular weight is 325 g/mol. The summed E-state index contributed by atoms with van der Waals surface area (Å²) < 4.78 is 5.25. The zero-order valence-corrected chi connectivity index (χ0v) is 14.6. The second-order valence-electron chi connectivity index (χ2n) is 5.62. The number of methoxy groups -OCH3 is 1. The van der Waals surface area contributed by atoms with Gasteiger partial charge in [-0.05, 0) is 42.5 Å². The summed E-state index contributed by atoms with van der Waals surface area (Å²) in [5.41, 5.74) is 2.63. The van der Waals surface area contributed by atoms with Crippen LogP contribution in [-0.2, 0) is 12.8 Å². The van der Waals surface area contributed by atoms with Crippen LogP contribution < -0.4 is 15.4 Å². The highest BCUT2D eigenvalue weighted by Gasteiger charge is 1.99. The molecule has 0 aromatic heterocycles. The maximum absolute atomic E-state index is 5.25. The van der Waals surface area contributed by atoms with E-state index in [4.69, 9.17) is 4.74 Å². The zero-order valence-electron chi connectivity index (χ0n) is 14.6. The third kappa shape index (κ3) is 6.32. The Hall–Kier alpha value is -2.49. The minimum Gasteiger partial charge on any atom is -0.497 e. The molecule has 2 rings (SSSR count). The summed E-state index contributed by atoms with van der Waals surface area (Å²) >= 11 is 0. The number of guanidine groups is 1. The van der Waals surface area contributed by atoms with Gasteiger partial charge in [-0.3, -0.25) is 4.99 Å². The molecule has 0 unspecified atom stereocenters. The molecule has 24 heavy (non-hydrogen) atoms. The molecule has 0 saturated carbocycles. The van der Waals surface area contributed by atoms with E-state index >= 15 is 0 Å². The van der Waals surface area contributed by atoms with Gasteiger partial charge in [0.1, 0.15) is 5.75 Å². The summed E-state index contributed by atoms with van der Waals surface area (Å²) in [6.45, 7) is 1.75. The Morgan fingerprint density at radius 1 is 0.917 bits per heavy atom. The number of hydrogen-bond donors (Lipinski definition) is 2. The lowest BCUT2D eigenvalue weighted by atomic mass is 10.1. The number of benzene rings is 2. The quantitative estimate of drug-likeness (QED) is 0.445. The van der Waals surface area contributed by atoms with Gasteiger partial charge in [-0.2, -0.15) is 0 Å². The van der Waals surface area contributed by atoms with Crippen LogP contribution in [0.25, 0.3) is 0 Å². The lowest BCUT2D eigenvalue weighted by molar-refractivity contribution is 0.414. The van der Waals surface area contributed by atoms with Crippen molar-refractivity contribution in [2.75, 3.05) is 27.2 Å². The first-order chi connectivity index (χ1) is 11.8. The number of hydrogen-bond acceptors (Lipinski definition) is 2. The molecule has 2 N–H and O–H groups in total. The molecule has 0 radical (unpaired) electrons. The first-order valence-electron chi connectivity index (χ1n) is 8.43. The second-order valence-corrected chi connectivity index (χ2v) is 5.62. The van der Waals surface area contributed by atoms with Crippen LogP contribution in [-0.4, -0.2) is 33.2 Å². The van der Waals surface area contributed by atoms with Gasteiger partial charge < -0.3 is 15.4 Å². The molecule has 0 atom stereocenters. The van der Waals surface area contributed by atoms with Gasteiger partial charge in [0.25, 0.3) is 0 Å². The van der Waals surface area contributed by atoms with Crippen LogP contribution in [0, 0.1) is 0 Å². The van der Waals surface area contributed by atoms with E-state index in [0.29, 0.717) is 0 Å².